The third-order valence-corrected chi connectivity index (χ3v) is 3.51. The highest BCUT2D eigenvalue weighted by Crippen LogP contribution is 2.24. The zero-order valence-electron chi connectivity index (χ0n) is 10.8. The lowest BCUT2D eigenvalue weighted by atomic mass is 10.2. The highest BCUT2D eigenvalue weighted by molar-refractivity contribution is 7.09. The van der Waals surface area contributed by atoms with Gasteiger partial charge in [0.2, 0.25) is 5.91 Å². The van der Waals surface area contributed by atoms with Crippen LogP contribution < -0.4 is 10.5 Å². The molecule has 1 aromatic heterocycles. The van der Waals surface area contributed by atoms with Crippen molar-refractivity contribution in [3.8, 4) is 17.0 Å². The lowest BCUT2D eigenvalue weighted by molar-refractivity contribution is -0.117. The highest BCUT2D eigenvalue weighted by Gasteiger charge is 2.06. The Morgan fingerprint density at radius 3 is 2.74 bits per heavy atom. The van der Waals surface area contributed by atoms with Gasteiger partial charge in [0.15, 0.2) is 0 Å². The van der Waals surface area contributed by atoms with Crippen molar-refractivity contribution < 1.29 is 9.53 Å². The van der Waals surface area contributed by atoms with E-state index in [0.717, 1.165) is 22.0 Å². The molecule has 0 saturated heterocycles. The topological polar surface area (TPSA) is 65.2 Å². The van der Waals surface area contributed by atoms with Gasteiger partial charge in [0.05, 0.1) is 17.3 Å². The number of nitrogens with two attached hydrogens (primary N) is 1. The number of carbonyl (C=O) groups is 1. The van der Waals surface area contributed by atoms with Crippen LogP contribution in [0.4, 0.5) is 0 Å². The number of ether oxygens (including phenoxy) is 1. The van der Waals surface area contributed by atoms with E-state index < -0.39 is 0 Å². The standard InChI is InChI=1S/C14H16N2O2S/c1-2-18-11-5-3-10(4-6-11)12-9-19-14(16-12)8-7-13(15)17/h3-6,9H,2,7-8H2,1H3,(H2,15,17). The predicted molar refractivity (Wildman–Crippen MR) is 76.2 cm³/mol. The molecule has 0 radical (unpaired) electrons. The Morgan fingerprint density at radius 2 is 2.11 bits per heavy atom. The molecule has 1 heterocycles. The summed E-state index contributed by atoms with van der Waals surface area (Å²) in [5.74, 6) is 0.563. The second-order valence-electron chi connectivity index (χ2n) is 4.05. The fourth-order valence-electron chi connectivity index (χ4n) is 1.68. The van der Waals surface area contributed by atoms with Crippen LogP contribution in [0, 0.1) is 0 Å². The van der Waals surface area contributed by atoms with Crippen molar-refractivity contribution in [2.24, 2.45) is 5.73 Å². The van der Waals surface area contributed by atoms with Crippen LogP contribution >= 0.6 is 11.3 Å². The molecule has 2 N–H and O–H groups in total. The van der Waals surface area contributed by atoms with Crippen molar-refractivity contribution >= 4 is 17.2 Å². The Labute approximate surface area is 116 Å². The van der Waals surface area contributed by atoms with Crippen LogP contribution in [0.2, 0.25) is 0 Å². The van der Waals surface area contributed by atoms with Gasteiger partial charge in [-0.1, -0.05) is 0 Å². The molecule has 2 aromatic rings. The summed E-state index contributed by atoms with van der Waals surface area (Å²) in [7, 11) is 0. The first-order chi connectivity index (χ1) is 9.19. The van der Waals surface area contributed by atoms with Gasteiger partial charge in [-0.3, -0.25) is 4.79 Å². The fourth-order valence-corrected chi connectivity index (χ4v) is 2.48. The van der Waals surface area contributed by atoms with E-state index in [2.05, 4.69) is 4.98 Å². The Hall–Kier alpha value is -1.88. The van der Waals surface area contributed by atoms with E-state index in [0.29, 0.717) is 19.4 Å². The fraction of sp³-hybridized carbons (Fsp3) is 0.286. The van der Waals surface area contributed by atoms with Gasteiger partial charge < -0.3 is 10.5 Å². The Morgan fingerprint density at radius 1 is 1.37 bits per heavy atom. The number of nitrogens with zero attached hydrogens (tertiary/aromatic N) is 1. The Balaban J connectivity index is 2.07. The summed E-state index contributed by atoms with van der Waals surface area (Å²) in [5, 5.41) is 2.93. The predicted octanol–water partition coefficient (Wildman–Crippen LogP) is 2.63. The summed E-state index contributed by atoms with van der Waals surface area (Å²) in [6.45, 7) is 2.62. The normalized spacial score (nSPS) is 10.4. The number of rotatable bonds is 6. The first-order valence-electron chi connectivity index (χ1n) is 6.15. The van der Waals surface area contributed by atoms with Crippen molar-refractivity contribution in [3.05, 3.63) is 34.7 Å². The lowest BCUT2D eigenvalue weighted by Gasteiger charge is -2.03. The van der Waals surface area contributed by atoms with Crippen molar-refractivity contribution in [3.63, 3.8) is 0 Å². The van der Waals surface area contributed by atoms with Crippen LogP contribution in [0.25, 0.3) is 11.3 Å². The minimum atomic E-state index is -0.294. The number of thiazole rings is 1. The number of aromatic nitrogens is 1. The van der Waals surface area contributed by atoms with Gasteiger partial charge in [-0.2, -0.15) is 0 Å². The molecule has 0 unspecified atom stereocenters. The second kappa shape index (κ2) is 6.33. The molecular formula is C14H16N2O2S. The summed E-state index contributed by atoms with van der Waals surface area (Å²) in [5.41, 5.74) is 7.10. The quantitative estimate of drug-likeness (QED) is 0.882. The number of amides is 1. The average Bonchev–Trinajstić information content (AvgIpc) is 2.86. The lowest BCUT2D eigenvalue weighted by Crippen LogP contribution is -2.11. The molecule has 0 atom stereocenters. The van der Waals surface area contributed by atoms with E-state index in [9.17, 15) is 4.79 Å². The van der Waals surface area contributed by atoms with Gasteiger partial charge in [0, 0.05) is 23.8 Å². The number of hydrogen-bond donors (Lipinski definition) is 1. The van der Waals surface area contributed by atoms with Gasteiger partial charge in [0.1, 0.15) is 5.75 Å². The number of primary amides is 1. The number of aryl methyl sites for hydroxylation is 1. The van der Waals surface area contributed by atoms with Gasteiger partial charge in [0.25, 0.3) is 0 Å². The number of hydrogen-bond acceptors (Lipinski definition) is 4. The summed E-state index contributed by atoms with van der Waals surface area (Å²) < 4.78 is 5.40. The van der Waals surface area contributed by atoms with Crippen LogP contribution in [0.15, 0.2) is 29.6 Å². The molecule has 1 aromatic carbocycles. The minimum Gasteiger partial charge on any atom is -0.494 e. The molecule has 2 rings (SSSR count). The zero-order chi connectivity index (χ0) is 13.7. The molecule has 5 heteroatoms. The van der Waals surface area contributed by atoms with Crippen LogP contribution in [0.5, 0.6) is 5.75 Å². The van der Waals surface area contributed by atoms with E-state index >= 15 is 0 Å². The van der Waals surface area contributed by atoms with E-state index in [-0.39, 0.29) is 5.91 Å². The first kappa shape index (κ1) is 13.5. The Kier molecular flexibility index (Phi) is 4.52. The SMILES string of the molecule is CCOc1ccc(-c2csc(CCC(N)=O)n2)cc1. The second-order valence-corrected chi connectivity index (χ2v) is 4.99. The number of carbonyl (C=O) groups excluding carboxylic acids is 1. The molecule has 0 aliphatic heterocycles. The first-order valence-corrected chi connectivity index (χ1v) is 7.03. The van der Waals surface area contributed by atoms with Gasteiger partial charge in [-0.15, -0.1) is 11.3 Å². The van der Waals surface area contributed by atoms with Crippen molar-refractivity contribution in [1.82, 2.24) is 4.98 Å². The van der Waals surface area contributed by atoms with Crippen LogP contribution in [0.1, 0.15) is 18.4 Å². The van der Waals surface area contributed by atoms with Crippen molar-refractivity contribution in [2.45, 2.75) is 19.8 Å². The Bertz CT molecular complexity index is 549. The van der Waals surface area contributed by atoms with Gasteiger partial charge in [-0.25, -0.2) is 4.98 Å². The third-order valence-electron chi connectivity index (χ3n) is 2.60. The monoisotopic (exact) mass is 276 g/mol. The van der Waals surface area contributed by atoms with Gasteiger partial charge >= 0.3 is 0 Å². The molecule has 19 heavy (non-hydrogen) atoms. The summed E-state index contributed by atoms with van der Waals surface area (Å²) >= 11 is 1.55. The molecule has 0 aliphatic carbocycles. The molecule has 0 bridgehead atoms. The smallest absolute Gasteiger partial charge is 0.217 e. The third kappa shape index (κ3) is 3.79. The van der Waals surface area contributed by atoms with Crippen LogP contribution in [-0.4, -0.2) is 17.5 Å². The maximum absolute atomic E-state index is 10.7. The highest BCUT2D eigenvalue weighted by atomic mass is 32.1. The van der Waals surface area contributed by atoms with Crippen LogP contribution in [0.3, 0.4) is 0 Å². The molecule has 0 fully saturated rings. The van der Waals surface area contributed by atoms with Crippen LogP contribution in [-0.2, 0) is 11.2 Å². The van der Waals surface area contributed by atoms with E-state index in [1.165, 1.54) is 0 Å². The van der Waals surface area contributed by atoms with E-state index in [4.69, 9.17) is 10.5 Å². The van der Waals surface area contributed by atoms with Crippen molar-refractivity contribution in [2.75, 3.05) is 6.61 Å². The summed E-state index contributed by atoms with van der Waals surface area (Å²) in [4.78, 5) is 15.2. The molecular weight excluding hydrogens is 260 g/mol. The zero-order valence-corrected chi connectivity index (χ0v) is 11.6. The molecule has 0 saturated carbocycles. The molecule has 4 nitrogen and oxygen atoms in total. The molecule has 0 spiro atoms. The number of benzene rings is 1. The molecule has 0 aliphatic rings. The molecule has 100 valence electrons. The minimum absolute atomic E-state index is 0.294. The largest absolute Gasteiger partial charge is 0.494 e. The van der Waals surface area contributed by atoms with Crippen molar-refractivity contribution in [1.29, 1.82) is 0 Å². The van der Waals surface area contributed by atoms with E-state index in [1.807, 2.05) is 36.6 Å². The maximum Gasteiger partial charge on any atom is 0.217 e. The molecule has 1 amide bonds. The summed E-state index contributed by atoms with van der Waals surface area (Å²) in [6, 6.07) is 7.83. The summed E-state index contributed by atoms with van der Waals surface area (Å²) in [6.07, 6.45) is 0.952. The average molecular weight is 276 g/mol. The maximum atomic E-state index is 10.7. The van der Waals surface area contributed by atoms with E-state index in [1.54, 1.807) is 11.3 Å². The van der Waals surface area contributed by atoms with Gasteiger partial charge in [-0.05, 0) is 31.2 Å².